The van der Waals surface area contributed by atoms with Gasteiger partial charge in [-0.2, -0.15) is 5.10 Å². The molecule has 0 radical (unpaired) electrons. The van der Waals surface area contributed by atoms with Crippen LogP contribution in [0.2, 0.25) is 0 Å². The van der Waals surface area contributed by atoms with Crippen LogP contribution in [0.1, 0.15) is 34.3 Å². The maximum absolute atomic E-state index is 12.8. The summed E-state index contributed by atoms with van der Waals surface area (Å²) in [5.41, 5.74) is 10.3. The van der Waals surface area contributed by atoms with Crippen molar-refractivity contribution in [2.45, 2.75) is 26.3 Å². The molecule has 174 valence electrons. The van der Waals surface area contributed by atoms with Crippen LogP contribution < -0.4 is 15.8 Å². The third-order valence-corrected chi connectivity index (χ3v) is 6.15. The molecule has 1 amide bonds. The van der Waals surface area contributed by atoms with Gasteiger partial charge in [0.25, 0.3) is 5.91 Å². The monoisotopic (exact) mass is 468 g/mol. The van der Waals surface area contributed by atoms with Gasteiger partial charge < -0.3 is 16.0 Å². The first-order valence-corrected chi connectivity index (χ1v) is 12.6. The normalized spacial score (nSPS) is 13.8. The first kappa shape index (κ1) is 22.7. The molecule has 0 aliphatic carbocycles. The van der Waals surface area contributed by atoms with E-state index in [1.165, 1.54) is 5.56 Å². The molecule has 0 unspecified atom stereocenters. The van der Waals surface area contributed by atoms with Gasteiger partial charge in [-0.3, -0.25) is 9.52 Å². The Balaban J connectivity index is 1.59. The first-order valence-electron chi connectivity index (χ1n) is 10.7. The SMILES string of the molecule is Cc1ccc(Cn2ncc(Nc3ccc(C(=O)N4CCCC4)cc3NS(C)(=O)=O)c2N)cc1. The minimum atomic E-state index is -3.57. The Morgan fingerprint density at radius 1 is 1.06 bits per heavy atom. The van der Waals surface area contributed by atoms with Gasteiger partial charge in [-0.05, 0) is 43.5 Å². The number of carbonyl (C=O) groups is 1. The van der Waals surface area contributed by atoms with Crippen molar-refractivity contribution in [3.63, 3.8) is 0 Å². The minimum Gasteiger partial charge on any atom is -0.382 e. The molecular weight excluding hydrogens is 440 g/mol. The largest absolute Gasteiger partial charge is 0.382 e. The smallest absolute Gasteiger partial charge is 0.253 e. The van der Waals surface area contributed by atoms with Crippen molar-refractivity contribution in [1.82, 2.24) is 14.7 Å². The van der Waals surface area contributed by atoms with Gasteiger partial charge in [0, 0.05) is 18.7 Å². The molecular formula is C23H28N6O3S. The highest BCUT2D eigenvalue weighted by molar-refractivity contribution is 7.92. The molecule has 0 saturated carbocycles. The molecule has 0 atom stereocenters. The van der Waals surface area contributed by atoms with Gasteiger partial charge in [0.05, 0.1) is 30.4 Å². The summed E-state index contributed by atoms with van der Waals surface area (Å²) in [4.78, 5) is 14.6. The molecule has 1 aliphatic heterocycles. The average Bonchev–Trinajstić information content (AvgIpc) is 3.41. The maximum atomic E-state index is 12.8. The zero-order chi connectivity index (χ0) is 23.6. The van der Waals surface area contributed by atoms with Crippen molar-refractivity contribution in [2.75, 3.05) is 35.1 Å². The van der Waals surface area contributed by atoms with Crippen LogP contribution in [0, 0.1) is 6.92 Å². The van der Waals surface area contributed by atoms with E-state index in [2.05, 4.69) is 15.1 Å². The second kappa shape index (κ2) is 9.14. The van der Waals surface area contributed by atoms with Crippen LogP contribution in [-0.4, -0.2) is 48.4 Å². The van der Waals surface area contributed by atoms with Gasteiger partial charge in [0.1, 0.15) is 11.5 Å². The number of benzene rings is 2. The van der Waals surface area contributed by atoms with E-state index in [1.54, 1.807) is 34.0 Å². The highest BCUT2D eigenvalue weighted by atomic mass is 32.2. The zero-order valence-electron chi connectivity index (χ0n) is 18.7. The van der Waals surface area contributed by atoms with Crippen molar-refractivity contribution >= 4 is 38.8 Å². The number of nitrogens with two attached hydrogens (primary N) is 1. The fourth-order valence-electron chi connectivity index (χ4n) is 3.80. The van der Waals surface area contributed by atoms with E-state index < -0.39 is 10.0 Å². The molecule has 0 bridgehead atoms. The molecule has 10 heteroatoms. The molecule has 2 aromatic carbocycles. The predicted octanol–water partition coefficient (Wildman–Crippen LogP) is 3.17. The van der Waals surface area contributed by atoms with Crippen molar-refractivity contribution < 1.29 is 13.2 Å². The summed E-state index contributed by atoms with van der Waals surface area (Å²) in [6, 6.07) is 13.0. The Labute approximate surface area is 193 Å². The summed E-state index contributed by atoms with van der Waals surface area (Å²) in [7, 11) is -3.57. The molecule has 9 nitrogen and oxygen atoms in total. The predicted molar refractivity (Wildman–Crippen MR) is 130 cm³/mol. The number of hydrogen-bond acceptors (Lipinski definition) is 6. The summed E-state index contributed by atoms with van der Waals surface area (Å²) in [5, 5.41) is 7.52. The lowest BCUT2D eigenvalue weighted by Gasteiger charge is -2.18. The lowest BCUT2D eigenvalue weighted by Crippen LogP contribution is -2.27. The van der Waals surface area contributed by atoms with E-state index in [-0.39, 0.29) is 11.6 Å². The van der Waals surface area contributed by atoms with Crippen molar-refractivity contribution in [1.29, 1.82) is 0 Å². The number of nitrogens with zero attached hydrogens (tertiary/aromatic N) is 3. The summed E-state index contributed by atoms with van der Waals surface area (Å²) in [6.07, 6.45) is 4.62. The quantitative estimate of drug-likeness (QED) is 0.490. The molecule has 1 aromatic heterocycles. The number of nitrogen functional groups attached to an aromatic ring is 1. The third-order valence-electron chi connectivity index (χ3n) is 5.56. The van der Waals surface area contributed by atoms with E-state index in [4.69, 9.17) is 5.73 Å². The average molecular weight is 469 g/mol. The molecule has 4 N–H and O–H groups in total. The summed E-state index contributed by atoms with van der Waals surface area (Å²) < 4.78 is 28.1. The van der Waals surface area contributed by atoms with Gasteiger partial charge in [-0.15, -0.1) is 0 Å². The topological polar surface area (TPSA) is 122 Å². The van der Waals surface area contributed by atoms with Crippen molar-refractivity contribution in [2.24, 2.45) is 0 Å². The van der Waals surface area contributed by atoms with Crippen LogP contribution in [0.3, 0.4) is 0 Å². The number of amides is 1. The second-order valence-electron chi connectivity index (χ2n) is 8.35. The lowest BCUT2D eigenvalue weighted by molar-refractivity contribution is 0.0793. The molecule has 33 heavy (non-hydrogen) atoms. The van der Waals surface area contributed by atoms with Gasteiger partial charge in [-0.25, -0.2) is 13.1 Å². The Kier molecular flexibility index (Phi) is 6.28. The van der Waals surface area contributed by atoms with Crippen molar-refractivity contribution in [3.8, 4) is 0 Å². The number of nitrogens with one attached hydrogen (secondary N) is 2. The van der Waals surface area contributed by atoms with Crippen LogP contribution in [0.5, 0.6) is 0 Å². The van der Waals surface area contributed by atoms with Gasteiger partial charge in [0.15, 0.2) is 0 Å². The second-order valence-corrected chi connectivity index (χ2v) is 10.1. The number of anilines is 4. The lowest BCUT2D eigenvalue weighted by atomic mass is 10.1. The molecule has 3 aromatic rings. The van der Waals surface area contributed by atoms with Crippen LogP contribution in [0.4, 0.5) is 22.9 Å². The van der Waals surface area contributed by atoms with Gasteiger partial charge in [-0.1, -0.05) is 29.8 Å². The molecule has 2 heterocycles. The Bertz CT molecular complexity index is 1260. The Morgan fingerprint density at radius 2 is 1.76 bits per heavy atom. The number of likely N-dealkylation sites (tertiary alicyclic amines) is 1. The zero-order valence-corrected chi connectivity index (χ0v) is 19.5. The fraction of sp³-hybridized carbons (Fsp3) is 0.304. The van der Waals surface area contributed by atoms with E-state index in [9.17, 15) is 13.2 Å². The molecule has 1 aliphatic rings. The van der Waals surface area contributed by atoms with Crippen molar-refractivity contribution in [3.05, 3.63) is 65.4 Å². The molecule has 4 rings (SSSR count). The number of rotatable bonds is 7. The van der Waals surface area contributed by atoms with E-state index >= 15 is 0 Å². The van der Waals surface area contributed by atoms with Crippen LogP contribution in [-0.2, 0) is 16.6 Å². The Hall–Kier alpha value is -3.53. The number of aryl methyl sites for hydroxylation is 1. The Morgan fingerprint density at radius 3 is 2.42 bits per heavy atom. The highest BCUT2D eigenvalue weighted by Gasteiger charge is 2.21. The number of hydrogen-bond donors (Lipinski definition) is 3. The van der Waals surface area contributed by atoms with Crippen LogP contribution in [0.25, 0.3) is 0 Å². The van der Waals surface area contributed by atoms with Crippen LogP contribution >= 0.6 is 0 Å². The number of aromatic nitrogens is 2. The molecule has 1 fully saturated rings. The van der Waals surface area contributed by atoms with E-state index in [0.29, 0.717) is 42.4 Å². The summed E-state index contributed by atoms with van der Waals surface area (Å²) >= 11 is 0. The van der Waals surface area contributed by atoms with Gasteiger partial charge >= 0.3 is 0 Å². The van der Waals surface area contributed by atoms with Gasteiger partial charge in [0.2, 0.25) is 10.0 Å². The van der Waals surface area contributed by atoms with E-state index in [0.717, 1.165) is 24.7 Å². The number of carbonyl (C=O) groups excluding carboxylic acids is 1. The summed E-state index contributed by atoms with van der Waals surface area (Å²) in [6.45, 7) is 3.96. The third kappa shape index (κ3) is 5.46. The highest BCUT2D eigenvalue weighted by Crippen LogP contribution is 2.31. The fourth-order valence-corrected chi connectivity index (χ4v) is 4.37. The number of sulfonamides is 1. The molecule has 1 saturated heterocycles. The first-order chi connectivity index (χ1) is 15.7. The molecule has 0 spiro atoms. The minimum absolute atomic E-state index is 0.110. The standard InChI is InChI=1S/C23H28N6O3S/c1-16-5-7-17(8-6-16)15-29-22(24)21(14-25-29)26-19-10-9-18(13-20(19)27-33(2,31)32)23(30)28-11-3-4-12-28/h5-10,13-14,26-27H,3-4,11-12,15,24H2,1-2H3. The van der Waals surface area contributed by atoms with E-state index in [1.807, 2.05) is 31.2 Å². The van der Waals surface area contributed by atoms with Crippen LogP contribution in [0.15, 0.2) is 48.7 Å². The summed E-state index contributed by atoms with van der Waals surface area (Å²) in [5.74, 6) is 0.305. The maximum Gasteiger partial charge on any atom is 0.253 e.